The third-order valence-electron chi connectivity index (χ3n) is 2.32. The molecule has 0 fully saturated rings. The van der Waals surface area contributed by atoms with Gasteiger partial charge < -0.3 is 0 Å². The molecule has 0 spiro atoms. The van der Waals surface area contributed by atoms with Crippen LogP contribution in [0.5, 0.6) is 0 Å². The largest absolute Gasteiger partial charge is 0.218 e. The van der Waals surface area contributed by atoms with Crippen molar-refractivity contribution in [3.63, 3.8) is 0 Å². The van der Waals surface area contributed by atoms with Crippen molar-refractivity contribution < 1.29 is 0 Å². The minimum absolute atomic E-state index is 0.239. The molecule has 96 valence electrons. The third kappa shape index (κ3) is 3.16. The van der Waals surface area contributed by atoms with Crippen molar-refractivity contribution in [2.75, 3.05) is 0 Å². The molecule has 1 aromatic carbocycles. The summed E-state index contributed by atoms with van der Waals surface area (Å²) in [6.45, 7) is 4.07. The second-order valence-electron chi connectivity index (χ2n) is 4.02. The highest BCUT2D eigenvalue weighted by Gasteiger charge is 2.10. The Morgan fingerprint density at radius 2 is 2.11 bits per heavy atom. The van der Waals surface area contributed by atoms with Crippen LogP contribution in [-0.2, 0) is 5.75 Å². The maximum atomic E-state index is 6.12. The van der Waals surface area contributed by atoms with Gasteiger partial charge in [-0.1, -0.05) is 41.0 Å². The van der Waals surface area contributed by atoms with Crippen LogP contribution >= 0.6 is 35.0 Å². The normalized spacial score (nSPS) is 11.2. The van der Waals surface area contributed by atoms with Crippen LogP contribution in [0, 0.1) is 0 Å². The molecule has 0 amide bonds. The molecule has 0 aliphatic carbocycles. The highest BCUT2D eigenvalue weighted by Crippen LogP contribution is 2.28. The molecule has 2 rings (SSSR count). The van der Waals surface area contributed by atoms with Crippen molar-refractivity contribution in [3.05, 3.63) is 33.8 Å². The molecule has 1 heterocycles. The average molecular weight is 303 g/mol. The van der Waals surface area contributed by atoms with Crippen molar-refractivity contribution in [1.29, 1.82) is 0 Å². The van der Waals surface area contributed by atoms with Gasteiger partial charge in [0.1, 0.15) is 0 Å². The van der Waals surface area contributed by atoms with E-state index in [9.17, 15) is 0 Å². The molecule has 0 aliphatic rings. The van der Waals surface area contributed by atoms with Gasteiger partial charge >= 0.3 is 0 Å². The predicted molar refractivity (Wildman–Crippen MR) is 74.2 cm³/mol. The lowest BCUT2D eigenvalue weighted by molar-refractivity contribution is 0.477. The lowest BCUT2D eigenvalue weighted by Crippen LogP contribution is -2.04. The van der Waals surface area contributed by atoms with E-state index in [1.54, 1.807) is 22.5 Å². The molecule has 0 atom stereocenters. The molecular formula is C11H12Cl2N4S. The van der Waals surface area contributed by atoms with Gasteiger partial charge in [0.05, 0.1) is 6.04 Å². The van der Waals surface area contributed by atoms with Crippen molar-refractivity contribution in [1.82, 2.24) is 20.2 Å². The first-order valence-electron chi connectivity index (χ1n) is 5.42. The summed E-state index contributed by atoms with van der Waals surface area (Å²) in [4.78, 5) is 0. The summed E-state index contributed by atoms with van der Waals surface area (Å²) in [6, 6.07) is 5.73. The number of aromatic nitrogens is 4. The van der Waals surface area contributed by atoms with Crippen molar-refractivity contribution >= 4 is 35.0 Å². The van der Waals surface area contributed by atoms with Gasteiger partial charge in [0.2, 0.25) is 5.16 Å². The van der Waals surface area contributed by atoms with Crippen LogP contribution in [0.1, 0.15) is 25.5 Å². The summed E-state index contributed by atoms with van der Waals surface area (Å²) >= 11 is 13.5. The summed E-state index contributed by atoms with van der Waals surface area (Å²) in [5.41, 5.74) is 1.02. The quantitative estimate of drug-likeness (QED) is 0.805. The Labute approximate surface area is 120 Å². The van der Waals surface area contributed by atoms with Crippen molar-refractivity contribution in [3.8, 4) is 0 Å². The van der Waals surface area contributed by atoms with Gasteiger partial charge in [0.15, 0.2) is 0 Å². The van der Waals surface area contributed by atoms with Crippen LogP contribution in [0.2, 0.25) is 10.0 Å². The molecule has 4 nitrogen and oxygen atoms in total. The number of hydrogen-bond acceptors (Lipinski definition) is 4. The Hall–Kier alpha value is -0.780. The molecule has 2 aromatic rings. The van der Waals surface area contributed by atoms with Crippen LogP contribution in [-0.4, -0.2) is 20.2 Å². The van der Waals surface area contributed by atoms with E-state index in [2.05, 4.69) is 15.5 Å². The summed E-state index contributed by atoms with van der Waals surface area (Å²) in [6.07, 6.45) is 0. The number of thioether (sulfide) groups is 1. The first-order valence-corrected chi connectivity index (χ1v) is 7.16. The van der Waals surface area contributed by atoms with E-state index in [4.69, 9.17) is 23.2 Å². The molecule has 0 bridgehead atoms. The molecule has 0 unspecified atom stereocenters. The summed E-state index contributed by atoms with van der Waals surface area (Å²) in [5.74, 6) is 0.711. The second-order valence-corrected chi connectivity index (χ2v) is 5.81. The topological polar surface area (TPSA) is 43.6 Å². The van der Waals surface area contributed by atoms with Crippen molar-refractivity contribution in [2.24, 2.45) is 0 Å². The highest BCUT2D eigenvalue weighted by molar-refractivity contribution is 7.98. The number of halogens is 2. The van der Waals surface area contributed by atoms with E-state index < -0.39 is 0 Å². The van der Waals surface area contributed by atoms with E-state index in [-0.39, 0.29) is 6.04 Å². The zero-order chi connectivity index (χ0) is 13.1. The van der Waals surface area contributed by atoms with Gasteiger partial charge in [-0.25, -0.2) is 4.68 Å². The van der Waals surface area contributed by atoms with Gasteiger partial charge in [-0.2, -0.15) is 0 Å². The maximum absolute atomic E-state index is 6.12. The number of rotatable bonds is 4. The minimum Gasteiger partial charge on any atom is -0.218 e. The Kier molecular flexibility index (Phi) is 4.48. The molecule has 18 heavy (non-hydrogen) atoms. The second kappa shape index (κ2) is 5.91. The fourth-order valence-electron chi connectivity index (χ4n) is 1.39. The number of tetrazole rings is 1. The van der Waals surface area contributed by atoms with E-state index in [1.165, 1.54) is 0 Å². The zero-order valence-corrected chi connectivity index (χ0v) is 12.3. The van der Waals surface area contributed by atoms with Gasteiger partial charge in [-0.15, -0.1) is 5.10 Å². The fourth-order valence-corrected chi connectivity index (χ4v) is 2.95. The predicted octanol–water partition coefficient (Wildman–Crippen LogP) is 3.85. The SMILES string of the molecule is CC(C)n1nnnc1SCc1ccc(Cl)cc1Cl. The first kappa shape index (κ1) is 13.6. The van der Waals surface area contributed by atoms with E-state index in [1.807, 2.05) is 26.0 Å². The van der Waals surface area contributed by atoms with Gasteiger partial charge in [0, 0.05) is 15.8 Å². The summed E-state index contributed by atoms with van der Waals surface area (Å²) < 4.78 is 1.79. The summed E-state index contributed by atoms with van der Waals surface area (Å²) in [7, 11) is 0. The molecule has 1 aromatic heterocycles. The molecular weight excluding hydrogens is 291 g/mol. The Morgan fingerprint density at radius 3 is 2.78 bits per heavy atom. The molecule has 0 aliphatic heterocycles. The van der Waals surface area contributed by atoms with Crippen LogP contribution < -0.4 is 0 Å². The summed E-state index contributed by atoms with van der Waals surface area (Å²) in [5, 5.41) is 13.7. The molecule has 0 radical (unpaired) electrons. The van der Waals surface area contributed by atoms with Crippen molar-refractivity contribution in [2.45, 2.75) is 30.8 Å². The number of benzene rings is 1. The molecule has 7 heteroatoms. The monoisotopic (exact) mass is 302 g/mol. The smallest absolute Gasteiger partial charge is 0.209 e. The molecule has 0 saturated carbocycles. The highest BCUT2D eigenvalue weighted by atomic mass is 35.5. The first-order chi connectivity index (χ1) is 8.58. The standard InChI is InChI=1S/C11H12Cl2N4S/c1-7(2)17-11(14-15-16-17)18-6-8-3-4-9(12)5-10(8)13/h3-5,7H,6H2,1-2H3. The molecule has 0 saturated heterocycles. The van der Waals surface area contributed by atoms with Gasteiger partial charge in [0.25, 0.3) is 0 Å². The average Bonchev–Trinajstić information content (AvgIpc) is 2.76. The fraction of sp³-hybridized carbons (Fsp3) is 0.364. The number of nitrogens with zero attached hydrogens (tertiary/aromatic N) is 4. The lowest BCUT2D eigenvalue weighted by atomic mass is 10.2. The van der Waals surface area contributed by atoms with Crippen LogP contribution in [0.25, 0.3) is 0 Å². The van der Waals surface area contributed by atoms with Crippen LogP contribution in [0.4, 0.5) is 0 Å². The van der Waals surface area contributed by atoms with E-state index >= 15 is 0 Å². The van der Waals surface area contributed by atoms with Gasteiger partial charge in [-0.3, -0.25) is 0 Å². The van der Waals surface area contributed by atoms with Crippen LogP contribution in [0.15, 0.2) is 23.4 Å². The van der Waals surface area contributed by atoms with E-state index in [0.29, 0.717) is 15.8 Å². The van der Waals surface area contributed by atoms with Crippen LogP contribution in [0.3, 0.4) is 0 Å². The Bertz CT molecular complexity index is 542. The van der Waals surface area contributed by atoms with E-state index in [0.717, 1.165) is 10.7 Å². The zero-order valence-electron chi connectivity index (χ0n) is 9.97. The lowest BCUT2D eigenvalue weighted by Gasteiger charge is -2.07. The molecule has 0 N–H and O–H groups in total. The Morgan fingerprint density at radius 1 is 1.33 bits per heavy atom. The number of hydrogen-bond donors (Lipinski definition) is 0. The minimum atomic E-state index is 0.239. The Balaban J connectivity index is 2.09. The van der Waals surface area contributed by atoms with Gasteiger partial charge in [-0.05, 0) is 42.0 Å². The maximum Gasteiger partial charge on any atom is 0.209 e. The third-order valence-corrected chi connectivity index (χ3v) is 3.89.